The number of methoxy groups -OCH3 is 2. The number of carbonyl (C=O) groups excluding carboxylic acids is 2. The van der Waals surface area contributed by atoms with Crippen molar-refractivity contribution in [2.45, 2.75) is 52.6 Å². The van der Waals surface area contributed by atoms with Gasteiger partial charge in [-0.1, -0.05) is 24.8 Å². The highest BCUT2D eigenvalue weighted by Crippen LogP contribution is 2.46. The minimum Gasteiger partial charge on any atom is -0.493 e. The highest BCUT2D eigenvalue weighted by atomic mass is 16.5. The first-order valence-electron chi connectivity index (χ1n) is 12.6. The van der Waals surface area contributed by atoms with Crippen LogP contribution in [0.1, 0.15) is 54.4 Å². The van der Waals surface area contributed by atoms with Gasteiger partial charge in [-0.15, -0.1) is 0 Å². The minimum atomic E-state index is -0.703. The van der Waals surface area contributed by atoms with E-state index in [4.69, 9.17) is 18.9 Å². The maximum atomic E-state index is 13.2. The van der Waals surface area contributed by atoms with Gasteiger partial charge < -0.3 is 24.3 Å². The zero-order valence-corrected chi connectivity index (χ0v) is 22.2. The number of esters is 1. The molecule has 2 atom stereocenters. The van der Waals surface area contributed by atoms with Crippen molar-refractivity contribution in [3.05, 3.63) is 76.1 Å². The summed E-state index contributed by atoms with van der Waals surface area (Å²) in [6.07, 6.45) is 2.00. The molecule has 2 unspecified atom stereocenters. The molecule has 0 fully saturated rings. The Morgan fingerprint density at radius 1 is 1.08 bits per heavy atom. The van der Waals surface area contributed by atoms with Crippen molar-refractivity contribution < 1.29 is 28.5 Å². The predicted octanol–water partition coefficient (Wildman–Crippen LogP) is 5.29. The molecule has 7 nitrogen and oxygen atoms in total. The number of allylic oxidation sites excluding steroid dienone is 2. The van der Waals surface area contributed by atoms with Crippen LogP contribution in [0, 0.1) is 19.8 Å². The lowest BCUT2D eigenvalue weighted by molar-refractivity contribution is -0.147. The highest BCUT2D eigenvalue weighted by Gasteiger charge is 2.44. The molecule has 2 aliphatic rings. The number of hydrogen-bond donors (Lipinski definition) is 1. The molecule has 1 heterocycles. The highest BCUT2D eigenvalue weighted by molar-refractivity contribution is 6.00. The van der Waals surface area contributed by atoms with E-state index in [1.807, 2.05) is 32.0 Å². The Bertz CT molecular complexity index is 1240. The third kappa shape index (κ3) is 5.08. The first kappa shape index (κ1) is 26.3. The van der Waals surface area contributed by atoms with Crippen LogP contribution in [-0.2, 0) is 20.9 Å². The molecule has 4 rings (SSSR count). The fourth-order valence-corrected chi connectivity index (χ4v) is 5.36. The van der Waals surface area contributed by atoms with Gasteiger partial charge in [0.05, 0.1) is 20.8 Å². The van der Waals surface area contributed by atoms with Gasteiger partial charge in [-0.25, -0.2) is 0 Å². The molecule has 196 valence electrons. The van der Waals surface area contributed by atoms with Gasteiger partial charge in [0, 0.05) is 29.3 Å². The van der Waals surface area contributed by atoms with Gasteiger partial charge in [-0.2, -0.15) is 0 Å². The Kier molecular flexibility index (Phi) is 7.91. The lowest BCUT2D eigenvalue weighted by Crippen LogP contribution is -2.41. The van der Waals surface area contributed by atoms with E-state index < -0.39 is 11.8 Å². The lowest BCUT2D eigenvalue weighted by Gasteiger charge is -2.39. The molecule has 0 saturated heterocycles. The number of rotatable bonds is 8. The second-order valence-electron chi connectivity index (χ2n) is 9.44. The fourth-order valence-electron chi connectivity index (χ4n) is 5.36. The average Bonchev–Trinajstić information content (AvgIpc) is 2.87. The Morgan fingerprint density at radius 3 is 2.43 bits per heavy atom. The van der Waals surface area contributed by atoms with Gasteiger partial charge in [0.25, 0.3) is 0 Å². The summed E-state index contributed by atoms with van der Waals surface area (Å²) in [7, 11) is 3.17. The van der Waals surface area contributed by atoms with Gasteiger partial charge in [0.2, 0.25) is 5.75 Å². The summed E-state index contributed by atoms with van der Waals surface area (Å²) in [4.78, 5) is 26.4. The molecule has 0 bridgehead atoms. The Balaban J connectivity index is 1.79. The molecule has 2 aromatic carbocycles. The van der Waals surface area contributed by atoms with Crippen molar-refractivity contribution in [1.29, 1.82) is 0 Å². The Hall–Kier alpha value is -3.74. The van der Waals surface area contributed by atoms with E-state index in [9.17, 15) is 9.59 Å². The van der Waals surface area contributed by atoms with E-state index in [2.05, 4.69) is 24.0 Å². The zero-order valence-electron chi connectivity index (χ0n) is 22.2. The van der Waals surface area contributed by atoms with Gasteiger partial charge in [0.15, 0.2) is 17.3 Å². The molecule has 1 aliphatic carbocycles. The van der Waals surface area contributed by atoms with E-state index in [-0.39, 0.29) is 25.0 Å². The average molecular weight is 506 g/mol. The van der Waals surface area contributed by atoms with Crippen LogP contribution in [0.2, 0.25) is 0 Å². The maximum Gasteiger partial charge on any atom is 0.315 e. The van der Waals surface area contributed by atoms with Crippen molar-refractivity contribution in [3.63, 3.8) is 0 Å². The van der Waals surface area contributed by atoms with Crippen molar-refractivity contribution in [1.82, 2.24) is 5.32 Å². The van der Waals surface area contributed by atoms with E-state index in [1.165, 1.54) is 0 Å². The summed E-state index contributed by atoms with van der Waals surface area (Å²) in [5.41, 5.74) is 5.97. The molecule has 37 heavy (non-hydrogen) atoms. The molecule has 0 amide bonds. The number of ether oxygens (including phenoxy) is 4. The number of carbonyl (C=O) groups is 2. The number of para-hydroxylation sites is 1. The fraction of sp³-hybridized carbons (Fsp3) is 0.400. The van der Waals surface area contributed by atoms with Crippen LogP contribution in [0.3, 0.4) is 0 Å². The summed E-state index contributed by atoms with van der Waals surface area (Å²) in [5, 5.41) is 3.27. The Morgan fingerprint density at radius 2 is 1.78 bits per heavy atom. The quantitative estimate of drug-likeness (QED) is 0.488. The third-order valence-electron chi connectivity index (χ3n) is 7.14. The largest absolute Gasteiger partial charge is 0.493 e. The standard InChI is InChI=1S/C30H35NO6/c1-7-36-30(33)26-19(4)31-22-10-8-11-23(32)28(22)27(26)21-15-20(17(2)14-18(21)3)16-37-29-24(34-5)12-9-13-25(29)35-6/h9,12-15,26-27,31H,4,7-8,10-11,16H2,1-3,5-6H3. The first-order valence-corrected chi connectivity index (χ1v) is 12.6. The van der Waals surface area contributed by atoms with Crippen molar-refractivity contribution in [3.8, 4) is 17.2 Å². The van der Waals surface area contributed by atoms with Crippen molar-refractivity contribution in [2.75, 3.05) is 20.8 Å². The van der Waals surface area contributed by atoms with Crippen LogP contribution in [-0.4, -0.2) is 32.6 Å². The van der Waals surface area contributed by atoms with Crippen molar-refractivity contribution in [2.24, 2.45) is 5.92 Å². The SMILES string of the molecule is C=C1NC2=C(C(=O)CCC2)C(c2cc(COc3c(OC)cccc3OC)c(C)cc2C)C1C(=O)OCC. The van der Waals surface area contributed by atoms with Gasteiger partial charge >= 0.3 is 5.97 Å². The second-order valence-corrected chi connectivity index (χ2v) is 9.44. The number of benzene rings is 2. The third-order valence-corrected chi connectivity index (χ3v) is 7.14. The summed E-state index contributed by atoms with van der Waals surface area (Å²) >= 11 is 0. The lowest BCUT2D eigenvalue weighted by atomic mass is 9.70. The topological polar surface area (TPSA) is 83.1 Å². The molecule has 1 aliphatic heterocycles. The van der Waals surface area contributed by atoms with Crippen LogP contribution in [0.25, 0.3) is 0 Å². The van der Waals surface area contributed by atoms with Gasteiger partial charge in [0.1, 0.15) is 12.5 Å². The predicted molar refractivity (Wildman–Crippen MR) is 141 cm³/mol. The second kappa shape index (κ2) is 11.1. The van der Waals surface area contributed by atoms with Crippen LogP contribution in [0.15, 0.2) is 53.9 Å². The molecule has 0 aromatic heterocycles. The summed E-state index contributed by atoms with van der Waals surface area (Å²) in [5.74, 6) is 0.165. The van der Waals surface area contributed by atoms with E-state index in [0.717, 1.165) is 40.8 Å². The summed E-state index contributed by atoms with van der Waals surface area (Å²) in [6.45, 7) is 10.5. The van der Waals surface area contributed by atoms with Gasteiger partial charge in [-0.3, -0.25) is 9.59 Å². The van der Waals surface area contributed by atoms with E-state index in [0.29, 0.717) is 34.9 Å². The van der Waals surface area contributed by atoms with E-state index >= 15 is 0 Å². The molecular weight excluding hydrogens is 470 g/mol. The summed E-state index contributed by atoms with van der Waals surface area (Å²) in [6, 6.07) is 9.60. The van der Waals surface area contributed by atoms with Gasteiger partial charge in [-0.05, 0) is 68.0 Å². The number of aryl methyl sites for hydroxylation is 2. The van der Waals surface area contributed by atoms with E-state index in [1.54, 1.807) is 21.1 Å². The molecule has 0 spiro atoms. The monoisotopic (exact) mass is 505 g/mol. The minimum absolute atomic E-state index is 0.0667. The molecule has 1 N–H and O–H groups in total. The molecule has 0 radical (unpaired) electrons. The van der Waals surface area contributed by atoms with Crippen LogP contribution < -0.4 is 19.5 Å². The molecule has 7 heteroatoms. The zero-order chi connectivity index (χ0) is 26.7. The first-order chi connectivity index (χ1) is 17.8. The normalized spacial score (nSPS) is 19.2. The number of nitrogens with one attached hydrogen (secondary N) is 1. The van der Waals surface area contributed by atoms with Crippen LogP contribution in [0.5, 0.6) is 17.2 Å². The number of ketones is 1. The molecule has 2 aromatic rings. The summed E-state index contributed by atoms with van der Waals surface area (Å²) < 4.78 is 22.6. The Labute approximate surface area is 218 Å². The number of Topliss-reactive ketones (excluding diaryl/α,β-unsaturated/α-hetero) is 1. The van der Waals surface area contributed by atoms with Crippen LogP contribution in [0.4, 0.5) is 0 Å². The molecular formula is C30H35NO6. The smallest absolute Gasteiger partial charge is 0.315 e. The van der Waals surface area contributed by atoms with Crippen molar-refractivity contribution >= 4 is 11.8 Å². The molecule has 0 saturated carbocycles. The van der Waals surface area contributed by atoms with Crippen LogP contribution >= 0.6 is 0 Å². The maximum absolute atomic E-state index is 13.2. The number of hydrogen-bond acceptors (Lipinski definition) is 7.